The van der Waals surface area contributed by atoms with Crippen molar-refractivity contribution in [2.75, 3.05) is 25.6 Å². The first-order valence-corrected chi connectivity index (χ1v) is 5.60. The molecule has 0 saturated heterocycles. The molecule has 0 aliphatic heterocycles. The highest BCUT2D eigenvalue weighted by molar-refractivity contribution is 6.03. The van der Waals surface area contributed by atoms with E-state index in [4.69, 9.17) is 9.26 Å². The molecular formula is C11H17N3O4. The minimum absolute atomic E-state index is 0.237. The van der Waals surface area contributed by atoms with Crippen molar-refractivity contribution in [1.82, 2.24) is 10.5 Å². The lowest BCUT2D eigenvalue weighted by Gasteiger charge is -2.04. The number of carbonyl (C=O) groups excluding carboxylic acids is 2. The van der Waals surface area contributed by atoms with E-state index in [2.05, 4.69) is 15.8 Å². The van der Waals surface area contributed by atoms with Crippen LogP contribution in [0.5, 0.6) is 0 Å². The van der Waals surface area contributed by atoms with Gasteiger partial charge in [-0.05, 0) is 13.3 Å². The highest BCUT2D eigenvalue weighted by atomic mass is 16.5. The summed E-state index contributed by atoms with van der Waals surface area (Å²) in [4.78, 5) is 22.8. The summed E-state index contributed by atoms with van der Waals surface area (Å²) in [6, 6.07) is 1.58. The van der Waals surface area contributed by atoms with Crippen molar-refractivity contribution in [3.63, 3.8) is 0 Å². The maximum absolute atomic E-state index is 11.4. The van der Waals surface area contributed by atoms with Crippen molar-refractivity contribution in [3.05, 3.63) is 11.8 Å². The largest absolute Gasteiger partial charge is 0.385 e. The summed E-state index contributed by atoms with van der Waals surface area (Å²) in [6.07, 6.45) is 0.477. The van der Waals surface area contributed by atoms with E-state index in [1.807, 2.05) is 0 Å². The number of nitrogens with zero attached hydrogens (tertiary/aromatic N) is 1. The maximum Gasteiger partial charge on any atom is 0.235 e. The first-order valence-electron chi connectivity index (χ1n) is 5.60. The number of anilines is 1. The summed E-state index contributed by atoms with van der Waals surface area (Å²) < 4.78 is 9.62. The van der Waals surface area contributed by atoms with Crippen LogP contribution in [-0.4, -0.2) is 37.2 Å². The van der Waals surface area contributed by atoms with E-state index in [1.54, 1.807) is 20.1 Å². The van der Waals surface area contributed by atoms with Crippen LogP contribution in [0.2, 0.25) is 0 Å². The Labute approximate surface area is 105 Å². The van der Waals surface area contributed by atoms with Crippen LogP contribution in [0.15, 0.2) is 10.6 Å². The Morgan fingerprint density at radius 2 is 2.22 bits per heavy atom. The lowest BCUT2D eigenvalue weighted by molar-refractivity contribution is -0.126. The molecule has 0 bridgehead atoms. The number of amides is 2. The monoisotopic (exact) mass is 255 g/mol. The van der Waals surface area contributed by atoms with Crippen LogP contribution < -0.4 is 10.6 Å². The van der Waals surface area contributed by atoms with E-state index >= 15 is 0 Å². The molecule has 1 aromatic heterocycles. The van der Waals surface area contributed by atoms with Crippen LogP contribution in [0.3, 0.4) is 0 Å². The molecule has 1 rings (SSSR count). The predicted molar refractivity (Wildman–Crippen MR) is 64.0 cm³/mol. The highest BCUT2D eigenvalue weighted by Gasteiger charge is 2.10. The summed E-state index contributed by atoms with van der Waals surface area (Å²) in [5, 5.41) is 8.68. The van der Waals surface area contributed by atoms with Crippen LogP contribution in [0.4, 0.5) is 5.82 Å². The third kappa shape index (κ3) is 5.44. The number of aromatic nitrogens is 1. The molecule has 0 fully saturated rings. The minimum atomic E-state index is -0.424. The molecule has 0 aliphatic carbocycles. The summed E-state index contributed by atoms with van der Waals surface area (Å²) in [7, 11) is 1.59. The van der Waals surface area contributed by atoms with Crippen molar-refractivity contribution in [2.24, 2.45) is 0 Å². The number of ether oxygens (including phenoxy) is 1. The van der Waals surface area contributed by atoms with E-state index in [1.165, 1.54) is 0 Å². The van der Waals surface area contributed by atoms with Gasteiger partial charge in [0.15, 0.2) is 5.82 Å². The lowest BCUT2D eigenvalue weighted by atomic mass is 10.3. The van der Waals surface area contributed by atoms with Crippen molar-refractivity contribution < 1.29 is 18.8 Å². The molecule has 2 N–H and O–H groups in total. The molecule has 0 spiro atoms. The van der Waals surface area contributed by atoms with Crippen LogP contribution in [-0.2, 0) is 14.3 Å². The Kier molecular flexibility index (Phi) is 5.86. The second-order valence-corrected chi connectivity index (χ2v) is 3.74. The van der Waals surface area contributed by atoms with E-state index in [0.717, 1.165) is 0 Å². The molecular weight excluding hydrogens is 238 g/mol. The number of aryl methyl sites for hydroxylation is 1. The average molecular weight is 255 g/mol. The number of hydrogen-bond acceptors (Lipinski definition) is 5. The molecule has 100 valence electrons. The van der Waals surface area contributed by atoms with Gasteiger partial charge in [-0.2, -0.15) is 0 Å². The molecule has 0 saturated carbocycles. The van der Waals surface area contributed by atoms with Crippen LogP contribution in [0.25, 0.3) is 0 Å². The number of rotatable bonds is 7. The summed E-state index contributed by atoms with van der Waals surface area (Å²) in [5.41, 5.74) is 0. The number of nitrogens with one attached hydrogen (secondary N) is 2. The Morgan fingerprint density at radius 1 is 1.44 bits per heavy atom. The number of hydrogen-bond donors (Lipinski definition) is 2. The molecule has 0 aromatic carbocycles. The third-order valence-electron chi connectivity index (χ3n) is 2.06. The summed E-state index contributed by atoms with van der Waals surface area (Å²) in [6.45, 7) is 2.78. The van der Waals surface area contributed by atoms with E-state index < -0.39 is 5.91 Å². The molecule has 1 heterocycles. The van der Waals surface area contributed by atoms with Gasteiger partial charge in [0.05, 0.1) is 0 Å². The van der Waals surface area contributed by atoms with E-state index in [-0.39, 0.29) is 12.3 Å². The van der Waals surface area contributed by atoms with Crippen LogP contribution in [0, 0.1) is 6.92 Å². The molecule has 0 radical (unpaired) electrons. The van der Waals surface area contributed by atoms with Gasteiger partial charge < -0.3 is 19.9 Å². The fourth-order valence-corrected chi connectivity index (χ4v) is 1.26. The smallest absolute Gasteiger partial charge is 0.235 e. The molecule has 0 unspecified atom stereocenters. The molecule has 0 aliphatic rings. The molecule has 18 heavy (non-hydrogen) atoms. The number of methoxy groups -OCH3 is 1. The molecule has 1 aromatic rings. The third-order valence-corrected chi connectivity index (χ3v) is 2.06. The Morgan fingerprint density at radius 3 is 2.83 bits per heavy atom. The fraction of sp³-hybridized carbons (Fsp3) is 0.545. The summed E-state index contributed by atoms with van der Waals surface area (Å²) in [5.74, 6) is 0.148. The van der Waals surface area contributed by atoms with Crippen LogP contribution in [0.1, 0.15) is 18.6 Å². The van der Waals surface area contributed by atoms with Gasteiger partial charge in [0.1, 0.15) is 12.2 Å². The van der Waals surface area contributed by atoms with E-state index in [0.29, 0.717) is 31.2 Å². The normalized spacial score (nSPS) is 10.1. The van der Waals surface area contributed by atoms with Gasteiger partial charge in [0.2, 0.25) is 11.8 Å². The van der Waals surface area contributed by atoms with Gasteiger partial charge in [-0.15, -0.1) is 0 Å². The average Bonchev–Trinajstić information content (AvgIpc) is 2.70. The van der Waals surface area contributed by atoms with Gasteiger partial charge in [-0.3, -0.25) is 9.59 Å². The fourth-order valence-electron chi connectivity index (χ4n) is 1.26. The summed E-state index contributed by atoms with van der Waals surface area (Å²) >= 11 is 0. The Hall–Kier alpha value is -1.89. The zero-order valence-corrected chi connectivity index (χ0v) is 10.5. The predicted octanol–water partition coefficient (Wildman–Crippen LogP) is 0.464. The zero-order chi connectivity index (χ0) is 13.4. The highest BCUT2D eigenvalue weighted by Crippen LogP contribution is 2.06. The van der Waals surface area contributed by atoms with Crippen molar-refractivity contribution >= 4 is 17.6 Å². The standard InChI is InChI=1S/C11H17N3O4/c1-8-6-9(14-18-8)13-11(16)7-10(15)12-4-3-5-17-2/h6H,3-5,7H2,1-2H3,(H,12,15)(H,13,14,16). The van der Waals surface area contributed by atoms with Crippen molar-refractivity contribution in [2.45, 2.75) is 19.8 Å². The van der Waals surface area contributed by atoms with Gasteiger partial charge in [-0.25, -0.2) is 0 Å². The lowest BCUT2D eigenvalue weighted by Crippen LogP contribution is -2.29. The quantitative estimate of drug-likeness (QED) is 0.545. The minimum Gasteiger partial charge on any atom is -0.385 e. The first-order chi connectivity index (χ1) is 8.61. The van der Waals surface area contributed by atoms with E-state index in [9.17, 15) is 9.59 Å². The van der Waals surface area contributed by atoms with Gasteiger partial charge in [0.25, 0.3) is 0 Å². The second-order valence-electron chi connectivity index (χ2n) is 3.74. The number of carbonyl (C=O) groups is 2. The molecule has 2 amide bonds. The Balaban J connectivity index is 2.21. The molecule has 7 heteroatoms. The van der Waals surface area contributed by atoms with Crippen LogP contribution >= 0.6 is 0 Å². The van der Waals surface area contributed by atoms with Crippen molar-refractivity contribution in [3.8, 4) is 0 Å². The zero-order valence-electron chi connectivity index (χ0n) is 10.5. The maximum atomic E-state index is 11.4. The molecule has 0 atom stereocenters. The molecule has 7 nitrogen and oxygen atoms in total. The second kappa shape index (κ2) is 7.44. The van der Waals surface area contributed by atoms with Gasteiger partial charge in [-0.1, -0.05) is 5.16 Å². The van der Waals surface area contributed by atoms with Crippen molar-refractivity contribution in [1.29, 1.82) is 0 Å². The topological polar surface area (TPSA) is 93.5 Å². The van der Waals surface area contributed by atoms with Gasteiger partial charge >= 0.3 is 0 Å². The van der Waals surface area contributed by atoms with Gasteiger partial charge in [0, 0.05) is 26.3 Å². The first kappa shape index (κ1) is 14.2. The Bertz CT molecular complexity index is 403. The SMILES string of the molecule is COCCCNC(=O)CC(=O)Nc1cc(C)on1.